The van der Waals surface area contributed by atoms with Gasteiger partial charge in [-0.25, -0.2) is 4.79 Å². The van der Waals surface area contributed by atoms with E-state index in [1.54, 1.807) is 0 Å². The Morgan fingerprint density at radius 2 is 2.20 bits per heavy atom. The lowest BCUT2D eigenvalue weighted by Gasteiger charge is -2.20. The summed E-state index contributed by atoms with van der Waals surface area (Å²) in [6.07, 6.45) is 2.15. The Morgan fingerprint density at radius 1 is 1.53 bits per heavy atom. The second-order valence-corrected chi connectivity index (χ2v) is 3.39. The fraction of sp³-hybridized carbons (Fsp3) is 0.667. The molecule has 0 atom stereocenters. The van der Waals surface area contributed by atoms with Gasteiger partial charge in [-0.2, -0.15) is 5.26 Å². The van der Waals surface area contributed by atoms with Gasteiger partial charge in [0.05, 0.1) is 12.5 Å². The van der Waals surface area contributed by atoms with E-state index < -0.39 is 12.0 Å². The van der Waals surface area contributed by atoms with E-state index in [0.717, 1.165) is 12.8 Å². The third-order valence-corrected chi connectivity index (χ3v) is 2.10. The van der Waals surface area contributed by atoms with Gasteiger partial charge in [0.15, 0.2) is 0 Å². The lowest BCUT2D eigenvalue weighted by molar-refractivity contribution is -0.135. The minimum Gasteiger partial charge on any atom is -0.480 e. The van der Waals surface area contributed by atoms with Crippen molar-refractivity contribution < 1.29 is 14.7 Å². The molecule has 6 nitrogen and oxygen atoms in total. The zero-order chi connectivity index (χ0) is 11.3. The predicted molar refractivity (Wildman–Crippen MR) is 51.0 cm³/mol. The smallest absolute Gasteiger partial charge is 0.323 e. The molecule has 6 heteroatoms. The predicted octanol–water partition coefficient (Wildman–Crippen LogP) is 0.159. The monoisotopic (exact) mass is 211 g/mol. The van der Waals surface area contributed by atoms with Gasteiger partial charge >= 0.3 is 12.0 Å². The van der Waals surface area contributed by atoms with Crippen LogP contribution in [0.4, 0.5) is 4.79 Å². The van der Waals surface area contributed by atoms with E-state index >= 15 is 0 Å². The van der Waals surface area contributed by atoms with E-state index in [0.29, 0.717) is 6.54 Å². The second kappa shape index (κ2) is 5.20. The molecular weight excluding hydrogens is 198 g/mol. The summed E-state index contributed by atoms with van der Waals surface area (Å²) in [6, 6.07) is 1.76. The highest BCUT2D eigenvalue weighted by atomic mass is 16.4. The first-order valence-electron chi connectivity index (χ1n) is 4.78. The number of carbonyl (C=O) groups is 2. The maximum Gasteiger partial charge on any atom is 0.323 e. The SMILES string of the molecule is N#CCCN(C(=O)NCC(=O)O)C1CC1. The molecule has 1 aliphatic carbocycles. The van der Waals surface area contributed by atoms with Crippen molar-refractivity contribution in [1.29, 1.82) is 5.26 Å². The zero-order valence-corrected chi connectivity index (χ0v) is 8.27. The van der Waals surface area contributed by atoms with Gasteiger partial charge in [0.25, 0.3) is 0 Å². The van der Waals surface area contributed by atoms with Gasteiger partial charge in [0.1, 0.15) is 6.54 Å². The first-order chi connectivity index (χ1) is 7.15. The van der Waals surface area contributed by atoms with E-state index in [-0.39, 0.29) is 19.0 Å². The van der Waals surface area contributed by atoms with Crippen molar-refractivity contribution in [3.05, 3.63) is 0 Å². The van der Waals surface area contributed by atoms with Gasteiger partial charge in [-0.1, -0.05) is 0 Å². The van der Waals surface area contributed by atoms with Crippen LogP contribution in [0.5, 0.6) is 0 Å². The molecule has 0 aromatic heterocycles. The molecule has 1 saturated carbocycles. The third kappa shape index (κ3) is 3.85. The number of carbonyl (C=O) groups excluding carboxylic acids is 1. The fourth-order valence-corrected chi connectivity index (χ4v) is 1.26. The molecule has 15 heavy (non-hydrogen) atoms. The molecule has 0 radical (unpaired) electrons. The van der Waals surface area contributed by atoms with E-state index in [1.807, 2.05) is 6.07 Å². The van der Waals surface area contributed by atoms with Crippen molar-refractivity contribution in [3.63, 3.8) is 0 Å². The van der Waals surface area contributed by atoms with Crippen LogP contribution in [-0.4, -0.2) is 41.1 Å². The number of amides is 2. The molecule has 0 aromatic carbocycles. The summed E-state index contributed by atoms with van der Waals surface area (Å²) in [5.41, 5.74) is 0. The number of aliphatic carboxylic acids is 1. The van der Waals surface area contributed by atoms with Gasteiger partial charge in [0.2, 0.25) is 0 Å². The van der Waals surface area contributed by atoms with Crippen molar-refractivity contribution in [2.24, 2.45) is 0 Å². The number of rotatable bonds is 5. The number of urea groups is 1. The van der Waals surface area contributed by atoms with E-state index in [1.165, 1.54) is 4.90 Å². The van der Waals surface area contributed by atoms with E-state index in [4.69, 9.17) is 10.4 Å². The Labute approximate surface area is 87.5 Å². The number of carboxylic acid groups (broad SMARTS) is 1. The minimum absolute atomic E-state index is 0.187. The summed E-state index contributed by atoms with van der Waals surface area (Å²) in [6.45, 7) is -0.0127. The Hall–Kier alpha value is -1.77. The van der Waals surface area contributed by atoms with Crippen molar-refractivity contribution in [2.45, 2.75) is 25.3 Å². The number of hydrogen-bond acceptors (Lipinski definition) is 3. The molecule has 1 aliphatic rings. The molecule has 1 fully saturated rings. The summed E-state index contributed by atoms with van der Waals surface area (Å²) >= 11 is 0. The highest BCUT2D eigenvalue weighted by Crippen LogP contribution is 2.26. The Bertz CT molecular complexity index is 293. The first-order valence-corrected chi connectivity index (χ1v) is 4.78. The second-order valence-electron chi connectivity index (χ2n) is 3.39. The van der Waals surface area contributed by atoms with E-state index in [9.17, 15) is 9.59 Å². The normalized spacial score (nSPS) is 14.1. The Morgan fingerprint density at radius 3 is 2.67 bits per heavy atom. The molecule has 0 bridgehead atoms. The maximum atomic E-state index is 11.5. The van der Waals surface area contributed by atoms with Crippen molar-refractivity contribution in [3.8, 4) is 6.07 Å². The topological polar surface area (TPSA) is 93.4 Å². The maximum absolute atomic E-state index is 11.5. The fourth-order valence-electron chi connectivity index (χ4n) is 1.26. The van der Waals surface area contributed by atoms with Gasteiger partial charge < -0.3 is 15.3 Å². The summed E-state index contributed by atoms with van der Waals surface area (Å²) in [5.74, 6) is -1.07. The van der Waals surface area contributed by atoms with E-state index in [2.05, 4.69) is 5.32 Å². The Kier molecular flexibility index (Phi) is 3.92. The van der Waals surface area contributed by atoms with Crippen LogP contribution in [0.3, 0.4) is 0 Å². The van der Waals surface area contributed by atoms with Crippen LogP contribution in [0.1, 0.15) is 19.3 Å². The molecule has 1 rings (SSSR count). The first kappa shape index (κ1) is 11.3. The average Bonchev–Trinajstić information content (AvgIpc) is 2.99. The lowest BCUT2D eigenvalue weighted by Crippen LogP contribution is -2.43. The van der Waals surface area contributed by atoms with Crippen molar-refractivity contribution in [1.82, 2.24) is 10.2 Å². The van der Waals surface area contributed by atoms with Gasteiger partial charge in [-0.15, -0.1) is 0 Å². The molecular formula is C9H13N3O3. The minimum atomic E-state index is -1.07. The molecule has 0 unspecified atom stereocenters. The summed E-state index contributed by atoms with van der Waals surface area (Å²) in [4.78, 5) is 23.3. The molecule has 0 heterocycles. The molecule has 0 aromatic rings. The van der Waals surface area contributed by atoms with Crippen LogP contribution in [-0.2, 0) is 4.79 Å². The molecule has 82 valence electrons. The number of nitriles is 1. The number of nitrogens with one attached hydrogen (secondary N) is 1. The summed E-state index contributed by atoms with van der Waals surface area (Å²) < 4.78 is 0. The molecule has 0 saturated heterocycles. The number of hydrogen-bond donors (Lipinski definition) is 2. The van der Waals surface area contributed by atoms with Crippen LogP contribution >= 0.6 is 0 Å². The molecule has 2 amide bonds. The van der Waals surface area contributed by atoms with Gasteiger partial charge in [-0.05, 0) is 12.8 Å². The van der Waals surface area contributed by atoms with Crippen molar-refractivity contribution >= 4 is 12.0 Å². The Balaban J connectivity index is 2.37. The van der Waals surface area contributed by atoms with Crippen LogP contribution in [0, 0.1) is 11.3 Å². The average molecular weight is 211 g/mol. The molecule has 0 aliphatic heterocycles. The highest BCUT2D eigenvalue weighted by molar-refractivity contribution is 5.80. The summed E-state index contributed by atoms with van der Waals surface area (Å²) in [5, 5.41) is 19.1. The van der Waals surface area contributed by atoms with Crippen LogP contribution < -0.4 is 5.32 Å². The van der Waals surface area contributed by atoms with Crippen molar-refractivity contribution in [2.75, 3.05) is 13.1 Å². The van der Waals surface area contributed by atoms with Gasteiger partial charge in [-0.3, -0.25) is 4.79 Å². The van der Waals surface area contributed by atoms with Crippen LogP contribution in [0.25, 0.3) is 0 Å². The van der Waals surface area contributed by atoms with Crippen LogP contribution in [0.15, 0.2) is 0 Å². The third-order valence-electron chi connectivity index (χ3n) is 2.10. The largest absolute Gasteiger partial charge is 0.480 e. The van der Waals surface area contributed by atoms with Gasteiger partial charge in [0, 0.05) is 12.6 Å². The van der Waals surface area contributed by atoms with Crippen LogP contribution in [0.2, 0.25) is 0 Å². The zero-order valence-electron chi connectivity index (χ0n) is 8.27. The highest BCUT2D eigenvalue weighted by Gasteiger charge is 2.32. The lowest BCUT2D eigenvalue weighted by atomic mass is 10.4. The number of carboxylic acids is 1. The quantitative estimate of drug-likeness (QED) is 0.677. The number of nitrogens with zero attached hydrogens (tertiary/aromatic N) is 2. The molecule has 0 spiro atoms. The summed E-state index contributed by atoms with van der Waals surface area (Å²) in [7, 11) is 0. The standard InChI is InChI=1S/C9H13N3O3/c10-4-1-5-12(7-2-3-7)9(15)11-6-8(13)14/h7H,1-3,5-6H2,(H,11,15)(H,13,14). The molecule has 2 N–H and O–H groups in total.